The Bertz CT molecular complexity index is 640. The first kappa shape index (κ1) is 15.7. The second-order valence-electron chi connectivity index (χ2n) is 5.43. The molecule has 0 saturated heterocycles. The fourth-order valence-electron chi connectivity index (χ4n) is 2.71. The molecule has 21 heavy (non-hydrogen) atoms. The van der Waals surface area contributed by atoms with E-state index in [4.69, 9.17) is 5.73 Å². The molecule has 3 rings (SSSR count). The average Bonchev–Trinajstić information content (AvgIpc) is 2.48. The van der Waals surface area contributed by atoms with E-state index in [-0.39, 0.29) is 18.3 Å². The maximum atomic E-state index is 12.4. The van der Waals surface area contributed by atoms with Gasteiger partial charge in [0.1, 0.15) is 0 Å². The molecule has 0 aliphatic heterocycles. The predicted molar refractivity (Wildman–Crippen MR) is 85.4 cm³/mol. The molecule has 1 heterocycles. The van der Waals surface area contributed by atoms with E-state index < -0.39 is 5.54 Å². The van der Waals surface area contributed by atoms with E-state index in [2.05, 4.69) is 15.3 Å². The van der Waals surface area contributed by atoms with Crippen molar-refractivity contribution >= 4 is 35.0 Å². The first-order valence-electron chi connectivity index (χ1n) is 6.98. The van der Waals surface area contributed by atoms with E-state index in [1.807, 2.05) is 18.2 Å². The second-order valence-corrected chi connectivity index (χ2v) is 5.43. The van der Waals surface area contributed by atoms with Crippen LogP contribution >= 0.6 is 12.4 Å². The molecule has 3 N–H and O–H groups in total. The molecule has 1 saturated carbocycles. The smallest absolute Gasteiger partial charge is 0.244 e. The van der Waals surface area contributed by atoms with Crippen molar-refractivity contribution in [1.29, 1.82) is 0 Å². The summed E-state index contributed by atoms with van der Waals surface area (Å²) in [4.78, 5) is 20.8. The van der Waals surface area contributed by atoms with Crippen LogP contribution in [0.25, 0.3) is 11.0 Å². The first-order valence-corrected chi connectivity index (χ1v) is 6.98. The highest BCUT2D eigenvalue weighted by atomic mass is 35.5. The summed E-state index contributed by atoms with van der Waals surface area (Å²) in [7, 11) is 0. The lowest BCUT2D eigenvalue weighted by Crippen LogP contribution is -2.52. The van der Waals surface area contributed by atoms with Crippen LogP contribution in [-0.4, -0.2) is 21.4 Å². The minimum atomic E-state index is -0.727. The fourth-order valence-corrected chi connectivity index (χ4v) is 2.71. The van der Waals surface area contributed by atoms with E-state index in [0.29, 0.717) is 0 Å². The molecule has 0 radical (unpaired) electrons. The van der Waals surface area contributed by atoms with Gasteiger partial charge in [-0.15, -0.1) is 12.4 Å². The van der Waals surface area contributed by atoms with Crippen molar-refractivity contribution in [3.8, 4) is 0 Å². The van der Waals surface area contributed by atoms with Crippen LogP contribution in [0.2, 0.25) is 0 Å². The number of benzene rings is 1. The molecule has 1 aliphatic rings. The number of nitrogens with two attached hydrogens (primary N) is 1. The third-order valence-corrected chi connectivity index (χ3v) is 3.93. The van der Waals surface area contributed by atoms with Crippen LogP contribution in [0.3, 0.4) is 0 Å². The summed E-state index contributed by atoms with van der Waals surface area (Å²) < 4.78 is 0. The molecule has 1 aliphatic carbocycles. The number of hydrogen-bond donors (Lipinski definition) is 2. The molecule has 5 nitrogen and oxygen atoms in total. The van der Waals surface area contributed by atoms with Crippen LogP contribution < -0.4 is 11.1 Å². The molecular weight excluding hydrogens is 288 g/mol. The molecule has 2 aromatic rings. The summed E-state index contributed by atoms with van der Waals surface area (Å²) in [6.45, 7) is 0. The van der Waals surface area contributed by atoms with Crippen molar-refractivity contribution in [2.75, 3.05) is 5.32 Å². The van der Waals surface area contributed by atoms with Gasteiger partial charge < -0.3 is 11.1 Å². The molecular formula is C15H19ClN4O. The Morgan fingerprint density at radius 2 is 1.76 bits per heavy atom. The van der Waals surface area contributed by atoms with Crippen LogP contribution in [0.5, 0.6) is 0 Å². The second kappa shape index (κ2) is 6.37. The summed E-state index contributed by atoms with van der Waals surface area (Å²) in [6.07, 6.45) is 8.01. The predicted octanol–water partition coefficient (Wildman–Crippen LogP) is 2.65. The van der Waals surface area contributed by atoms with Gasteiger partial charge in [0.2, 0.25) is 5.91 Å². The Morgan fingerprint density at radius 1 is 1.10 bits per heavy atom. The minimum absolute atomic E-state index is 0. The van der Waals surface area contributed by atoms with Crippen molar-refractivity contribution in [2.24, 2.45) is 5.73 Å². The molecule has 1 aromatic heterocycles. The van der Waals surface area contributed by atoms with E-state index in [1.165, 1.54) is 0 Å². The Hall–Kier alpha value is -1.72. The molecule has 6 heteroatoms. The van der Waals surface area contributed by atoms with E-state index >= 15 is 0 Å². The molecule has 0 spiro atoms. The summed E-state index contributed by atoms with van der Waals surface area (Å²) in [5.41, 5.74) is 7.79. The van der Waals surface area contributed by atoms with E-state index in [0.717, 1.165) is 48.8 Å². The number of anilines is 1. The van der Waals surface area contributed by atoms with Gasteiger partial charge >= 0.3 is 0 Å². The summed E-state index contributed by atoms with van der Waals surface area (Å²) >= 11 is 0. The number of hydrogen-bond acceptors (Lipinski definition) is 4. The number of amides is 1. The molecule has 1 aromatic carbocycles. The lowest BCUT2D eigenvalue weighted by Gasteiger charge is -2.31. The standard InChI is InChI=1S/C15H18N4O.ClH/c16-15(6-2-1-3-7-15)14(20)19-11-4-5-12-13(10-11)18-9-8-17-12;/h4-5,8-10H,1-3,6-7,16H2,(H,19,20);1H. The van der Waals surface area contributed by atoms with Gasteiger partial charge in [0, 0.05) is 18.1 Å². The van der Waals surface area contributed by atoms with Crippen LogP contribution in [-0.2, 0) is 4.79 Å². The lowest BCUT2D eigenvalue weighted by atomic mass is 9.82. The Balaban J connectivity index is 0.00000161. The highest BCUT2D eigenvalue weighted by Gasteiger charge is 2.35. The number of halogens is 1. The Kier molecular flexibility index (Phi) is 4.75. The summed E-state index contributed by atoms with van der Waals surface area (Å²) in [5, 5.41) is 2.91. The number of rotatable bonds is 2. The molecule has 0 bridgehead atoms. The van der Waals surface area contributed by atoms with Gasteiger partial charge in [-0.25, -0.2) is 0 Å². The van der Waals surface area contributed by atoms with Gasteiger partial charge in [-0.2, -0.15) is 0 Å². The van der Waals surface area contributed by atoms with Crippen LogP contribution in [0.4, 0.5) is 5.69 Å². The number of carbonyl (C=O) groups excluding carboxylic acids is 1. The molecule has 0 unspecified atom stereocenters. The summed E-state index contributed by atoms with van der Waals surface area (Å²) in [5.74, 6) is -0.0968. The van der Waals surface area contributed by atoms with Crippen molar-refractivity contribution in [3.63, 3.8) is 0 Å². The van der Waals surface area contributed by atoms with Crippen molar-refractivity contribution in [2.45, 2.75) is 37.6 Å². The van der Waals surface area contributed by atoms with Gasteiger partial charge in [-0.3, -0.25) is 14.8 Å². The highest BCUT2D eigenvalue weighted by molar-refractivity contribution is 5.99. The van der Waals surface area contributed by atoms with Crippen LogP contribution in [0.15, 0.2) is 30.6 Å². The highest BCUT2D eigenvalue weighted by Crippen LogP contribution is 2.27. The van der Waals surface area contributed by atoms with Crippen molar-refractivity contribution < 1.29 is 4.79 Å². The molecule has 112 valence electrons. The zero-order chi connectivity index (χ0) is 14.0. The van der Waals surface area contributed by atoms with Gasteiger partial charge in [0.15, 0.2) is 0 Å². The largest absolute Gasteiger partial charge is 0.324 e. The van der Waals surface area contributed by atoms with Gasteiger partial charge in [-0.05, 0) is 31.0 Å². The lowest BCUT2D eigenvalue weighted by molar-refractivity contribution is -0.122. The minimum Gasteiger partial charge on any atom is -0.324 e. The van der Waals surface area contributed by atoms with Crippen molar-refractivity contribution in [1.82, 2.24) is 9.97 Å². The Labute approximate surface area is 129 Å². The first-order chi connectivity index (χ1) is 9.67. The monoisotopic (exact) mass is 306 g/mol. The molecule has 1 fully saturated rings. The number of fused-ring (bicyclic) bond motifs is 1. The summed E-state index contributed by atoms with van der Waals surface area (Å²) in [6, 6.07) is 5.51. The van der Waals surface area contributed by atoms with E-state index in [9.17, 15) is 4.79 Å². The maximum Gasteiger partial charge on any atom is 0.244 e. The van der Waals surface area contributed by atoms with Gasteiger partial charge in [0.05, 0.1) is 16.6 Å². The zero-order valence-electron chi connectivity index (χ0n) is 11.7. The Morgan fingerprint density at radius 3 is 2.48 bits per heavy atom. The fraction of sp³-hybridized carbons (Fsp3) is 0.400. The van der Waals surface area contributed by atoms with Crippen LogP contribution in [0.1, 0.15) is 32.1 Å². The van der Waals surface area contributed by atoms with Crippen LogP contribution in [0, 0.1) is 0 Å². The van der Waals surface area contributed by atoms with Gasteiger partial charge in [-0.1, -0.05) is 19.3 Å². The third-order valence-electron chi connectivity index (χ3n) is 3.93. The van der Waals surface area contributed by atoms with Gasteiger partial charge in [0.25, 0.3) is 0 Å². The molecule has 0 atom stereocenters. The average molecular weight is 307 g/mol. The van der Waals surface area contributed by atoms with E-state index in [1.54, 1.807) is 12.4 Å². The maximum absolute atomic E-state index is 12.4. The molecule has 1 amide bonds. The normalized spacial score (nSPS) is 17.0. The van der Waals surface area contributed by atoms with Crippen molar-refractivity contribution in [3.05, 3.63) is 30.6 Å². The number of carbonyl (C=O) groups is 1. The number of aromatic nitrogens is 2. The SMILES string of the molecule is Cl.NC1(C(=O)Nc2ccc3nccnc3c2)CCCCC1. The zero-order valence-corrected chi connectivity index (χ0v) is 12.5. The number of nitrogens with zero attached hydrogens (tertiary/aromatic N) is 2. The quantitative estimate of drug-likeness (QED) is 0.893. The number of nitrogens with one attached hydrogen (secondary N) is 1. The topological polar surface area (TPSA) is 80.9 Å². The third kappa shape index (κ3) is 3.31.